The van der Waals surface area contributed by atoms with E-state index in [1.807, 2.05) is 20.8 Å². The Kier molecular flexibility index (Phi) is 4.66. The lowest BCUT2D eigenvalue weighted by molar-refractivity contribution is -0.128. The zero-order valence-electron chi connectivity index (χ0n) is 13.2. The summed E-state index contributed by atoms with van der Waals surface area (Å²) in [5.74, 6) is 0.104. The molecule has 0 spiro atoms. The van der Waals surface area contributed by atoms with Crippen LogP contribution in [-0.2, 0) is 16.0 Å². The smallest absolute Gasteiger partial charge is 0.337 e. The highest BCUT2D eigenvalue weighted by Gasteiger charge is 2.29. The van der Waals surface area contributed by atoms with Crippen LogP contribution in [0, 0.1) is 5.41 Å². The second kappa shape index (κ2) is 6.16. The van der Waals surface area contributed by atoms with Gasteiger partial charge in [-0.2, -0.15) is 0 Å². The van der Waals surface area contributed by atoms with E-state index in [2.05, 4.69) is 5.32 Å². The van der Waals surface area contributed by atoms with E-state index in [4.69, 9.17) is 21.1 Å². The molecule has 6 heteroatoms. The Hall–Kier alpha value is -1.75. The van der Waals surface area contributed by atoms with E-state index in [1.54, 1.807) is 6.07 Å². The number of methoxy groups -OCH3 is 1. The summed E-state index contributed by atoms with van der Waals surface area (Å²) in [6.07, 6.45) is 0.399. The summed E-state index contributed by atoms with van der Waals surface area (Å²) in [4.78, 5) is 23.5. The number of carbonyl (C=O) groups is 2. The third kappa shape index (κ3) is 3.53. The molecular weight excluding hydrogens is 306 g/mol. The topological polar surface area (TPSA) is 64.6 Å². The highest BCUT2D eigenvalue weighted by atomic mass is 35.5. The molecule has 0 aliphatic carbocycles. The molecule has 1 aromatic carbocycles. The number of halogens is 1. The number of hydrogen-bond acceptors (Lipinski definition) is 4. The minimum atomic E-state index is -0.443. The third-order valence-electron chi connectivity index (χ3n) is 3.45. The van der Waals surface area contributed by atoms with Crippen molar-refractivity contribution in [1.29, 1.82) is 0 Å². The van der Waals surface area contributed by atoms with Gasteiger partial charge in [-0.05, 0) is 12.1 Å². The summed E-state index contributed by atoms with van der Waals surface area (Å²) >= 11 is 6.16. The van der Waals surface area contributed by atoms with E-state index < -0.39 is 11.4 Å². The predicted octanol–water partition coefficient (Wildman–Crippen LogP) is 2.59. The van der Waals surface area contributed by atoms with Crippen molar-refractivity contribution in [1.82, 2.24) is 5.32 Å². The quantitative estimate of drug-likeness (QED) is 0.868. The number of benzene rings is 1. The zero-order chi connectivity index (χ0) is 16.5. The highest BCUT2D eigenvalue weighted by Crippen LogP contribution is 2.37. The molecule has 1 unspecified atom stereocenters. The van der Waals surface area contributed by atoms with Gasteiger partial charge in [0.15, 0.2) is 0 Å². The number of fused-ring (bicyclic) bond motifs is 1. The van der Waals surface area contributed by atoms with Gasteiger partial charge in [-0.15, -0.1) is 0 Å². The van der Waals surface area contributed by atoms with E-state index in [9.17, 15) is 9.59 Å². The largest absolute Gasteiger partial charge is 0.486 e. The first-order valence-corrected chi connectivity index (χ1v) is 7.46. The fraction of sp³-hybridized carbons (Fsp3) is 0.500. The van der Waals surface area contributed by atoms with Gasteiger partial charge in [-0.3, -0.25) is 4.79 Å². The second-order valence-corrected chi connectivity index (χ2v) is 6.75. The minimum Gasteiger partial charge on any atom is -0.486 e. The number of amides is 1. The van der Waals surface area contributed by atoms with Gasteiger partial charge in [-0.25, -0.2) is 4.79 Å². The van der Waals surface area contributed by atoms with Gasteiger partial charge in [0.05, 0.1) is 24.2 Å². The summed E-state index contributed by atoms with van der Waals surface area (Å²) in [5.41, 5.74) is 0.804. The molecule has 1 atom stereocenters. The summed E-state index contributed by atoms with van der Waals surface area (Å²) in [6.45, 7) is 5.96. The van der Waals surface area contributed by atoms with Crippen LogP contribution >= 0.6 is 11.6 Å². The van der Waals surface area contributed by atoms with E-state index in [-0.39, 0.29) is 12.0 Å². The molecule has 1 aliphatic rings. The standard InChI is InChI=1S/C16H20ClNO4/c1-16(2,3)15(20)18-8-11-6-9-5-10(14(19)21-4)7-12(17)13(9)22-11/h5,7,11H,6,8H2,1-4H3,(H,18,20). The summed E-state index contributed by atoms with van der Waals surface area (Å²) in [6, 6.07) is 3.25. The van der Waals surface area contributed by atoms with Crippen molar-refractivity contribution in [3.8, 4) is 5.75 Å². The number of carbonyl (C=O) groups excluding carboxylic acids is 2. The van der Waals surface area contributed by atoms with Crippen LogP contribution < -0.4 is 10.1 Å². The van der Waals surface area contributed by atoms with Gasteiger partial charge < -0.3 is 14.8 Å². The number of nitrogens with one attached hydrogen (secondary N) is 1. The third-order valence-corrected chi connectivity index (χ3v) is 3.73. The molecule has 2 rings (SSSR count). The molecule has 5 nitrogen and oxygen atoms in total. The number of rotatable bonds is 3. The van der Waals surface area contributed by atoms with Crippen molar-refractivity contribution in [2.45, 2.75) is 33.3 Å². The van der Waals surface area contributed by atoms with Crippen molar-refractivity contribution in [2.24, 2.45) is 5.41 Å². The molecule has 22 heavy (non-hydrogen) atoms. The van der Waals surface area contributed by atoms with E-state index in [0.717, 1.165) is 5.56 Å². The van der Waals surface area contributed by atoms with Crippen molar-refractivity contribution in [2.75, 3.05) is 13.7 Å². The van der Waals surface area contributed by atoms with E-state index in [0.29, 0.717) is 29.3 Å². The molecule has 1 aromatic rings. The van der Waals surface area contributed by atoms with Crippen molar-refractivity contribution in [3.63, 3.8) is 0 Å². The first-order valence-electron chi connectivity index (χ1n) is 7.08. The molecule has 0 bridgehead atoms. The van der Waals surface area contributed by atoms with Crippen LogP contribution in [0.25, 0.3) is 0 Å². The molecule has 1 aliphatic heterocycles. The van der Waals surface area contributed by atoms with Crippen molar-refractivity contribution in [3.05, 3.63) is 28.3 Å². The molecule has 0 radical (unpaired) electrons. The maximum absolute atomic E-state index is 11.9. The Morgan fingerprint density at radius 2 is 2.09 bits per heavy atom. The van der Waals surface area contributed by atoms with E-state index >= 15 is 0 Å². The average Bonchev–Trinajstić information content (AvgIpc) is 2.86. The molecule has 0 fully saturated rings. The van der Waals surface area contributed by atoms with Gasteiger partial charge in [-0.1, -0.05) is 32.4 Å². The lowest BCUT2D eigenvalue weighted by Gasteiger charge is -2.19. The highest BCUT2D eigenvalue weighted by molar-refractivity contribution is 6.32. The van der Waals surface area contributed by atoms with Crippen LogP contribution in [-0.4, -0.2) is 31.6 Å². The predicted molar refractivity (Wildman–Crippen MR) is 83.4 cm³/mol. The Balaban J connectivity index is 2.06. The van der Waals surface area contributed by atoms with Gasteiger partial charge in [0.2, 0.25) is 5.91 Å². The Bertz CT molecular complexity index is 607. The monoisotopic (exact) mass is 325 g/mol. The molecule has 1 N–H and O–H groups in total. The van der Waals surface area contributed by atoms with Crippen LogP contribution in [0.15, 0.2) is 12.1 Å². The summed E-state index contributed by atoms with van der Waals surface area (Å²) in [5, 5.41) is 3.25. The number of hydrogen-bond donors (Lipinski definition) is 1. The lowest BCUT2D eigenvalue weighted by Crippen LogP contribution is -2.40. The maximum atomic E-state index is 11.9. The zero-order valence-corrected chi connectivity index (χ0v) is 13.9. The van der Waals surface area contributed by atoms with Gasteiger partial charge in [0, 0.05) is 17.4 Å². The van der Waals surface area contributed by atoms with Crippen molar-refractivity contribution < 1.29 is 19.1 Å². The first kappa shape index (κ1) is 16.6. The van der Waals surface area contributed by atoms with Crippen LogP contribution in [0.2, 0.25) is 5.02 Å². The SMILES string of the molecule is COC(=O)c1cc(Cl)c2c(c1)CC(CNC(=O)C(C)(C)C)O2. The first-order chi connectivity index (χ1) is 10.2. The Labute approximate surface area is 134 Å². The average molecular weight is 326 g/mol. The molecular formula is C16H20ClNO4. The fourth-order valence-corrected chi connectivity index (χ4v) is 2.49. The van der Waals surface area contributed by atoms with Gasteiger partial charge in [0.25, 0.3) is 0 Å². The van der Waals surface area contributed by atoms with Gasteiger partial charge in [0.1, 0.15) is 11.9 Å². The lowest BCUT2D eigenvalue weighted by atomic mass is 9.95. The van der Waals surface area contributed by atoms with Crippen LogP contribution in [0.3, 0.4) is 0 Å². The normalized spacial score (nSPS) is 16.7. The molecule has 0 saturated carbocycles. The maximum Gasteiger partial charge on any atom is 0.337 e. The van der Waals surface area contributed by atoms with Crippen LogP contribution in [0.5, 0.6) is 5.75 Å². The Morgan fingerprint density at radius 1 is 1.41 bits per heavy atom. The fourth-order valence-electron chi connectivity index (χ4n) is 2.21. The second-order valence-electron chi connectivity index (χ2n) is 6.34. The summed E-state index contributed by atoms with van der Waals surface area (Å²) < 4.78 is 10.5. The molecule has 0 saturated heterocycles. The number of esters is 1. The molecule has 120 valence electrons. The number of ether oxygens (including phenoxy) is 2. The Morgan fingerprint density at radius 3 is 2.68 bits per heavy atom. The molecule has 1 amide bonds. The summed E-state index contributed by atoms with van der Waals surface area (Å²) in [7, 11) is 1.32. The van der Waals surface area contributed by atoms with E-state index in [1.165, 1.54) is 13.2 Å². The van der Waals surface area contributed by atoms with Crippen LogP contribution in [0.1, 0.15) is 36.7 Å². The van der Waals surface area contributed by atoms with Gasteiger partial charge >= 0.3 is 5.97 Å². The minimum absolute atomic E-state index is 0.0339. The molecule has 0 aromatic heterocycles. The molecule has 1 heterocycles. The van der Waals surface area contributed by atoms with Crippen LogP contribution in [0.4, 0.5) is 0 Å². The van der Waals surface area contributed by atoms with Crippen molar-refractivity contribution >= 4 is 23.5 Å².